The van der Waals surface area contributed by atoms with Crippen LogP contribution >= 0.6 is 0 Å². The van der Waals surface area contributed by atoms with E-state index in [0.29, 0.717) is 12.3 Å². The molecule has 1 fully saturated rings. The van der Waals surface area contributed by atoms with E-state index >= 15 is 0 Å². The van der Waals surface area contributed by atoms with Crippen molar-refractivity contribution < 1.29 is 23.2 Å². The Hall–Kier alpha value is -2.38. The number of nitrogens with one attached hydrogen (secondary N) is 1. The van der Waals surface area contributed by atoms with Crippen molar-refractivity contribution in [3.8, 4) is 5.75 Å². The maximum Gasteiger partial charge on any atom is 0.494 e. The summed E-state index contributed by atoms with van der Waals surface area (Å²) in [5.41, 5.74) is 1.20. The number of amides is 1. The molecule has 0 unspecified atom stereocenters. The number of rotatable bonds is 5. The van der Waals surface area contributed by atoms with Crippen LogP contribution in [0.5, 0.6) is 5.75 Å². The molecule has 2 aromatic rings. The van der Waals surface area contributed by atoms with E-state index in [0.717, 1.165) is 17.1 Å². The van der Waals surface area contributed by atoms with Crippen molar-refractivity contribution in [3.05, 3.63) is 59.4 Å². The zero-order chi connectivity index (χ0) is 20.5. The third kappa shape index (κ3) is 4.05. The molecule has 3 rings (SSSR count). The quantitative estimate of drug-likeness (QED) is 0.804. The lowest BCUT2D eigenvalue weighted by Gasteiger charge is -2.32. The van der Waals surface area contributed by atoms with E-state index in [1.54, 1.807) is 0 Å². The highest BCUT2D eigenvalue weighted by Crippen LogP contribution is 2.36. The Bertz CT molecular complexity index is 851. The fourth-order valence-corrected chi connectivity index (χ4v) is 2.91. The summed E-state index contributed by atoms with van der Waals surface area (Å²) >= 11 is 0. The fraction of sp³-hybridized carbons (Fsp3) is 0.381. The average Bonchev–Trinajstić information content (AvgIpc) is 2.87. The SMILES string of the molecule is COc1ccc(F)cc1C(=O)NCc1ccc(B2OC(C)(C)C(C)(C)O2)cc1. The van der Waals surface area contributed by atoms with Crippen LogP contribution in [0.3, 0.4) is 0 Å². The number of carbonyl (C=O) groups is 1. The van der Waals surface area contributed by atoms with Crippen LogP contribution in [0.4, 0.5) is 4.39 Å². The monoisotopic (exact) mass is 385 g/mol. The molecule has 1 aliphatic rings. The van der Waals surface area contributed by atoms with Gasteiger partial charge in [-0.25, -0.2) is 4.39 Å². The predicted octanol–water partition coefficient (Wildman–Crippen LogP) is 3.06. The molecular weight excluding hydrogens is 360 g/mol. The minimum Gasteiger partial charge on any atom is -0.496 e. The molecule has 1 aliphatic heterocycles. The van der Waals surface area contributed by atoms with Gasteiger partial charge in [0.15, 0.2) is 0 Å². The zero-order valence-corrected chi connectivity index (χ0v) is 16.8. The largest absolute Gasteiger partial charge is 0.496 e. The molecule has 0 aliphatic carbocycles. The normalized spacial score (nSPS) is 17.4. The van der Waals surface area contributed by atoms with Gasteiger partial charge in [-0.1, -0.05) is 24.3 Å². The van der Waals surface area contributed by atoms with Gasteiger partial charge < -0.3 is 19.4 Å². The molecule has 0 atom stereocenters. The maximum absolute atomic E-state index is 13.4. The molecule has 0 spiro atoms. The summed E-state index contributed by atoms with van der Waals surface area (Å²) in [7, 11) is 1.02. The number of carbonyl (C=O) groups excluding carboxylic acids is 1. The minimum atomic E-state index is -0.488. The molecular formula is C21H25BFNO4. The van der Waals surface area contributed by atoms with Crippen LogP contribution in [-0.2, 0) is 15.9 Å². The molecule has 0 radical (unpaired) electrons. The summed E-state index contributed by atoms with van der Waals surface area (Å²) < 4.78 is 30.7. The average molecular weight is 385 g/mol. The van der Waals surface area contributed by atoms with Crippen LogP contribution in [0.15, 0.2) is 42.5 Å². The molecule has 5 nitrogen and oxygen atoms in total. The Kier molecular flexibility index (Phi) is 5.50. The van der Waals surface area contributed by atoms with Crippen molar-refractivity contribution >= 4 is 18.5 Å². The molecule has 0 aromatic heterocycles. The summed E-state index contributed by atoms with van der Waals surface area (Å²) in [6.45, 7) is 8.35. The first-order valence-electron chi connectivity index (χ1n) is 9.19. The number of ether oxygens (including phenoxy) is 1. The molecule has 0 bridgehead atoms. The molecule has 1 saturated heterocycles. The molecule has 7 heteroatoms. The number of benzene rings is 2. The Morgan fingerprint density at radius 3 is 2.25 bits per heavy atom. The van der Waals surface area contributed by atoms with E-state index < -0.39 is 30.0 Å². The fourth-order valence-electron chi connectivity index (χ4n) is 2.91. The molecule has 1 N–H and O–H groups in total. The summed E-state index contributed by atoms with van der Waals surface area (Å²) in [6, 6.07) is 11.5. The van der Waals surface area contributed by atoms with E-state index in [1.807, 2.05) is 52.0 Å². The van der Waals surface area contributed by atoms with Crippen LogP contribution in [-0.4, -0.2) is 31.3 Å². The first kappa shape index (κ1) is 20.4. The van der Waals surface area contributed by atoms with Gasteiger partial charge in [0.25, 0.3) is 5.91 Å². The second-order valence-corrected chi connectivity index (χ2v) is 7.86. The summed E-state index contributed by atoms with van der Waals surface area (Å²) in [6.07, 6.45) is 0. The third-order valence-electron chi connectivity index (χ3n) is 5.36. The molecule has 2 aromatic carbocycles. The second kappa shape index (κ2) is 7.56. The van der Waals surface area contributed by atoms with Crippen molar-refractivity contribution in [2.24, 2.45) is 0 Å². The van der Waals surface area contributed by atoms with Crippen LogP contribution in [0.2, 0.25) is 0 Å². The Labute approximate surface area is 165 Å². The van der Waals surface area contributed by atoms with Gasteiger partial charge in [0.1, 0.15) is 11.6 Å². The molecule has 28 heavy (non-hydrogen) atoms. The van der Waals surface area contributed by atoms with Crippen molar-refractivity contribution in [3.63, 3.8) is 0 Å². The highest BCUT2D eigenvalue weighted by Gasteiger charge is 2.51. The van der Waals surface area contributed by atoms with Crippen molar-refractivity contribution in [2.75, 3.05) is 7.11 Å². The predicted molar refractivity (Wildman–Crippen MR) is 106 cm³/mol. The topological polar surface area (TPSA) is 56.8 Å². The first-order valence-corrected chi connectivity index (χ1v) is 9.19. The van der Waals surface area contributed by atoms with Gasteiger partial charge in [0, 0.05) is 6.54 Å². The van der Waals surface area contributed by atoms with Gasteiger partial charge in [-0.3, -0.25) is 4.79 Å². The van der Waals surface area contributed by atoms with Crippen LogP contribution in [0, 0.1) is 5.82 Å². The number of hydrogen-bond acceptors (Lipinski definition) is 4. The minimum absolute atomic E-state index is 0.163. The van der Waals surface area contributed by atoms with Gasteiger partial charge in [0.2, 0.25) is 0 Å². The maximum atomic E-state index is 13.4. The summed E-state index contributed by atoms with van der Waals surface area (Å²) in [5, 5.41) is 2.78. The van der Waals surface area contributed by atoms with Gasteiger partial charge in [0.05, 0.1) is 23.9 Å². The lowest BCUT2D eigenvalue weighted by molar-refractivity contribution is 0.00578. The Balaban J connectivity index is 1.64. The lowest BCUT2D eigenvalue weighted by Crippen LogP contribution is -2.41. The van der Waals surface area contributed by atoms with Crippen LogP contribution < -0.4 is 15.5 Å². The van der Waals surface area contributed by atoms with E-state index in [9.17, 15) is 9.18 Å². The van der Waals surface area contributed by atoms with Gasteiger partial charge >= 0.3 is 7.12 Å². The van der Waals surface area contributed by atoms with Gasteiger partial charge in [-0.2, -0.15) is 0 Å². The van der Waals surface area contributed by atoms with Crippen LogP contribution in [0.1, 0.15) is 43.6 Å². The number of hydrogen-bond donors (Lipinski definition) is 1. The van der Waals surface area contributed by atoms with Gasteiger partial charge in [-0.05, 0) is 56.9 Å². The third-order valence-corrected chi connectivity index (χ3v) is 5.36. The number of methoxy groups -OCH3 is 1. The van der Waals surface area contributed by atoms with E-state index in [2.05, 4.69) is 5.32 Å². The lowest BCUT2D eigenvalue weighted by atomic mass is 9.79. The van der Waals surface area contributed by atoms with Crippen molar-refractivity contribution in [2.45, 2.75) is 45.4 Å². The van der Waals surface area contributed by atoms with Crippen molar-refractivity contribution in [1.29, 1.82) is 0 Å². The van der Waals surface area contributed by atoms with Crippen LogP contribution in [0.25, 0.3) is 0 Å². The van der Waals surface area contributed by atoms with E-state index in [4.69, 9.17) is 14.0 Å². The summed E-state index contributed by atoms with van der Waals surface area (Å²) in [4.78, 5) is 12.4. The summed E-state index contributed by atoms with van der Waals surface area (Å²) in [5.74, 6) is -0.556. The highest BCUT2D eigenvalue weighted by molar-refractivity contribution is 6.62. The van der Waals surface area contributed by atoms with E-state index in [-0.39, 0.29) is 5.56 Å². The smallest absolute Gasteiger partial charge is 0.494 e. The zero-order valence-electron chi connectivity index (χ0n) is 16.8. The highest BCUT2D eigenvalue weighted by atomic mass is 19.1. The molecule has 148 valence electrons. The Morgan fingerprint density at radius 2 is 1.68 bits per heavy atom. The van der Waals surface area contributed by atoms with Crippen molar-refractivity contribution in [1.82, 2.24) is 5.32 Å². The molecule has 1 amide bonds. The molecule has 1 heterocycles. The van der Waals surface area contributed by atoms with Gasteiger partial charge in [-0.15, -0.1) is 0 Å². The van der Waals surface area contributed by atoms with E-state index in [1.165, 1.54) is 19.2 Å². The second-order valence-electron chi connectivity index (χ2n) is 7.86. The Morgan fingerprint density at radius 1 is 1.07 bits per heavy atom. The number of halogens is 1. The first-order chi connectivity index (χ1) is 13.1. The molecule has 0 saturated carbocycles. The standard InChI is InChI=1S/C21H25BFNO4/c1-20(2)21(3,4)28-22(27-20)15-8-6-14(7-9-15)13-24-19(25)17-12-16(23)10-11-18(17)26-5/h6-12H,13H2,1-5H3,(H,24,25).